The fraction of sp³-hybridized carbons (Fsp3) is 0.477. The number of likely N-dealkylation sites (tertiary alicyclic amines) is 1. The van der Waals surface area contributed by atoms with E-state index in [1.807, 2.05) is 0 Å². The number of aliphatic hydroxyl groups excluding tert-OH is 1. The van der Waals surface area contributed by atoms with Gasteiger partial charge in [-0.15, -0.1) is 0 Å². The largest absolute Gasteiger partial charge is 0.508 e. The number of hydrogen-bond acceptors (Lipinski definition) is 27. The molecule has 134 heavy (non-hydrogen) atoms. The Hall–Kier alpha value is -14.4. The molecule has 0 radical (unpaired) electrons. The van der Waals surface area contributed by atoms with Gasteiger partial charge in [0.15, 0.2) is 0 Å². The van der Waals surface area contributed by atoms with Gasteiger partial charge in [0.25, 0.3) is 0 Å². The van der Waals surface area contributed by atoms with Crippen molar-refractivity contribution in [3.05, 3.63) is 131 Å². The Labute approximate surface area is 772 Å². The molecule has 4 aromatic carbocycles. The van der Waals surface area contributed by atoms with Gasteiger partial charge in [-0.05, 0) is 136 Å². The molecule has 18 amide bonds. The van der Waals surface area contributed by atoms with Gasteiger partial charge in [0.1, 0.15) is 96.1 Å². The number of carbonyl (C=O) groups is 21. The number of unbranched alkanes of at least 4 members (excludes halogenated alkanes) is 1. The van der Waals surface area contributed by atoms with Crippen LogP contribution < -0.4 is 104 Å². The zero-order valence-electron chi connectivity index (χ0n) is 73.6. The molecule has 1 aliphatic heterocycles. The first-order chi connectivity index (χ1) is 63.5. The van der Waals surface area contributed by atoms with Crippen LogP contribution in [-0.2, 0) is 126 Å². The number of amides is 18. The maximum atomic E-state index is 15.2. The van der Waals surface area contributed by atoms with Crippen LogP contribution in [0.15, 0.2) is 109 Å². The number of benzene rings is 4. The number of nitrogens with zero attached hydrogens (tertiary/aromatic N) is 1. The lowest BCUT2D eigenvalue weighted by Crippen LogP contribution is -2.62. The van der Waals surface area contributed by atoms with E-state index in [1.54, 1.807) is 66.9 Å². The number of carboxylic acid groups (broad SMARTS) is 3. The van der Waals surface area contributed by atoms with E-state index in [0.29, 0.717) is 16.7 Å². The second kappa shape index (κ2) is 56.3. The fourth-order valence-corrected chi connectivity index (χ4v) is 14.4. The van der Waals surface area contributed by atoms with E-state index in [0.717, 1.165) is 11.8 Å². The van der Waals surface area contributed by atoms with E-state index in [2.05, 4.69) is 69.1 Å². The number of aliphatic carboxylic acids is 3. The van der Waals surface area contributed by atoms with Crippen LogP contribution in [0.1, 0.15) is 132 Å². The minimum Gasteiger partial charge on any atom is -0.508 e. The topological polar surface area (TPSA) is 796 Å². The third kappa shape index (κ3) is 38.9. The smallest absolute Gasteiger partial charge is 0.326 e. The minimum atomic E-state index is -1.98. The first-order valence-corrected chi connectivity index (χ1v) is 44.1. The van der Waals surface area contributed by atoms with Gasteiger partial charge in [0.2, 0.25) is 106 Å². The average molecular weight is 1900 g/mol. The van der Waals surface area contributed by atoms with Crippen molar-refractivity contribution < 1.29 is 131 Å². The summed E-state index contributed by atoms with van der Waals surface area (Å²) >= 11 is 1.18. The van der Waals surface area contributed by atoms with Crippen molar-refractivity contribution in [2.24, 2.45) is 34.4 Å². The molecule has 0 bridgehead atoms. The third-order valence-corrected chi connectivity index (χ3v) is 21.6. The highest BCUT2D eigenvalue weighted by Crippen LogP contribution is 2.23. The second-order valence-corrected chi connectivity index (χ2v) is 32.6. The van der Waals surface area contributed by atoms with Crippen molar-refractivity contribution in [3.8, 4) is 11.5 Å². The summed E-state index contributed by atoms with van der Waals surface area (Å²) in [5.41, 5.74) is 34.5. The summed E-state index contributed by atoms with van der Waals surface area (Å²) in [6, 6.07) is 2.17. The summed E-state index contributed by atoms with van der Waals surface area (Å²) in [5.74, 6) is -24.8. The Morgan fingerprint density at radius 2 is 0.701 bits per heavy atom. The van der Waals surface area contributed by atoms with Gasteiger partial charge in [0, 0.05) is 57.9 Å². The maximum absolute atomic E-state index is 15.2. The number of carboxylic acids is 3. The number of aromatic hydroxyl groups is 2. The lowest BCUT2D eigenvalue weighted by Gasteiger charge is -2.31. The molecule has 1 saturated heterocycles. The molecule has 31 N–H and O–H groups in total. The number of nitrogens with two attached hydrogens (primary N) is 6. The van der Waals surface area contributed by atoms with Crippen LogP contribution in [0, 0.1) is 0 Å². The number of nitrogens with one attached hydrogen (secondary N) is 13. The molecule has 47 nitrogen and oxygen atoms in total. The summed E-state index contributed by atoms with van der Waals surface area (Å²) in [5, 5.41) is 92.3. The van der Waals surface area contributed by atoms with Crippen LogP contribution >= 0.6 is 11.8 Å². The number of phenols is 2. The van der Waals surface area contributed by atoms with Gasteiger partial charge in [-0.2, -0.15) is 11.8 Å². The average Bonchev–Trinajstić information content (AvgIpc) is 1.68. The van der Waals surface area contributed by atoms with Crippen LogP contribution in [0.3, 0.4) is 0 Å². The molecule has 0 saturated carbocycles. The molecule has 0 unspecified atom stereocenters. The van der Waals surface area contributed by atoms with Crippen LogP contribution in [0.4, 0.5) is 0 Å². The Morgan fingerprint density at radius 1 is 0.381 bits per heavy atom. The van der Waals surface area contributed by atoms with E-state index in [4.69, 9.17) is 34.4 Å². The third-order valence-electron chi connectivity index (χ3n) is 21.0. The predicted molar refractivity (Wildman–Crippen MR) is 476 cm³/mol. The molecule has 4 aromatic rings. The normalized spacial score (nSPS) is 15.3. The number of carbonyl (C=O) groups excluding carboxylic acids is 18. The highest BCUT2D eigenvalue weighted by Gasteiger charge is 2.43. The molecular weight excluding hydrogens is 1780 g/mol. The van der Waals surface area contributed by atoms with E-state index in [9.17, 15) is 112 Å². The Bertz CT molecular complexity index is 4770. The summed E-state index contributed by atoms with van der Waals surface area (Å²) in [4.78, 5) is 287. The predicted octanol–water partition coefficient (Wildman–Crippen LogP) is -7.02. The zero-order chi connectivity index (χ0) is 99.4. The first-order valence-electron chi connectivity index (χ1n) is 42.7. The Balaban J connectivity index is 1.45. The van der Waals surface area contributed by atoms with Crippen molar-refractivity contribution in [1.29, 1.82) is 0 Å². The molecule has 0 aromatic heterocycles. The molecular formula is C86H118N20O27S. The molecule has 1 fully saturated rings. The monoisotopic (exact) mass is 1890 g/mol. The maximum Gasteiger partial charge on any atom is 0.326 e. The van der Waals surface area contributed by atoms with Crippen molar-refractivity contribution >= 4 is 136 Å². The standard InChI is InChI=1S/C86H118N20O27S/c1-45(107)72(105-83(129)64-17-11-36-106(64)85(131)62(42-67(91)112)103-76(122)56(29-33-71(117)118)97-79(125)58(93-69(114)44-88)40-48-18-22-50(108)23-19-48)84(130)102-61(41-49-20-24-51(109)25-21-49)81(127)94-52(16-9-10-35-87)73(119)100-60(39-47-14-7-4-8-15-47)82(128)101-59(38-46-12-5-3-6-13-46)80(126)98-55(28-32-70(115)116)75(121)95-53(26-30-65(89)110)74(120)99-57(34-37-134-2)78(124)96-54(27-31-66(90)111)77(123)104-63(86(132)133)43-68(92)113/h3-8,12-15,18-25,45,52-64,72,107-109H,9-11,16-17,26-44,87-88H2,1-2H3,(H2,89,110)(H2,90,111)(H2,91,112)(H2,92,113)(H,93,114)(H,94,127)(H,95,121)(H,96,124)(H,97,125)(H,98,126)(H,99,120)(H,100,119)(H,101,128)(H,102,130)(H,103,122)(H,104,123)(H,105,129)(H,115,116)(H,117,118)(H,132,133)/t45-,52+,53+,54+,55+,56+,57+,58+,59+,60+,61+,62+,63+,64+,72+/m1/s1. The van der Waals surface area contributed by atoms with Crippen LogP contribution in [0.5, 0.6) is 11.5 Å². The van der Waals surface area contributed by atoms with Gasteiger partial charge >= 0.3 is 17.9 Å². The van der Waals surface area contributed by atoms with Crippen molar-refractivity contribution in [3.63, 3.8) is 0 Å². The van der Waals surface area contributed by atoms with E-state index in [-0.39, 0.29) is 93.7 Å². The van der Waals surface area contributed by atoms with Gasteiger partial charge < -0.3 is 139 Å². The number of phenolic OH excluding ortho intramolecular Hbond substituents is 2. The van der Waals surface area contributed by atoms with E-state index in [1.165, 1.54) is 60.3 Å². The molecule has 15 atom stereocenters. The lowest BCUT2D eigenvalue weighted by atomic mass is 10.0. The van der Waals surface area contributed by atoms with Crippen LogP contribution in [0.2, 0.25) is 0 Å². The highest BCUT2D eigenvalue weighted by molar-refractivity contribution is 7.98. The van der Waals surface area contributed by atoms with Gasteiger partial charge in [-0.25, -0.2) is 4.79 Å². The summed E-state index contributed by atoms with van der Waals surface area (Å²) < 4.78 is 0. The molecule has 0 spiro atoms. The van der Waals surface area contributed by atoms with Gasteiger partial charge in [-0.1, -0.05) is 84.9 Å². The molecule has 5 rings (SSSR count). The van der Waals surface area contributed by atoms with Gasteiger partial charge in [-0.3, -0.25) is 95.9 Å². The molecule has 730 valence electrons. The number of thioether (sulfide) groups is 1. The second-order valence-electron chi connectivity index (χ2n) is 31.7. The Morgan fingerprint density at radius 3 is 1.04 bits per heavy atom. The quantitative estimate of drug-likeness (QED) is 0.0183. The van der Waals surface area contributed by atoms with Gasteiger partial charge in [0.05, 0.1) is 25.5 Å². The van der Waals surface area contributed by atoms with Crippen LogP contribution in [0.25, 0.3) is 0 Å². The van der Waals surface area contributed by atoms with Crippen molar-refractivity contribution in [2.45, 2.75) is 226 Å². The lowest BCUT2D eigenvalue weighted by molar-refractivity contribution is -0.144. The van der Waals surface area contributed by atoms with Crippen molar-refractivity contribution in [1.82, 2.24) is 74.0 Å². The number of hydrogen-bond donors (Lipinski definition) is 25. The number of primary amides is 4. The fourth-order valence-electron chi connectivity index (χ4n) is 13.9. The molecule has 1 aliphatic rings. The number of rotatable bonds is 60. The van der Waals surface area contributed by atoms with Crippen LogP contribution in [-0.4, -0.2) is 282 Å². The van der Waals surface area contributed by atoms with E-state index >= 15 is 19.2 Å². The van der Waals surface area contributed by atoms with E-state index < -0.39 is 292 Å². The minimum absolute atomic E-state index is 0.0689. The zero-order valence-corrected chi connectivity index (χ0v) is 74.4. The molecule has 0 aliphatic carbocycles. The number of aliphatic hydroxyl groups is 1. The van der Waals surface area contributed by atoms with Crippen molar-refractivity contribution in [2.75, 3.05) is 31.6 Å². The summed E-state index contributed by atoms with van der Waals surface area (Å²) in [6.45, 7) is 0.346. The summed E-state index contributed by atoms with van der Waals surface area (Å²) in [6.07, 6.45) is -8.79. The Kier molecular flexibility index (Phi) is 46.3. The highest BCUT2D eigenvalue weighted by atomic mass is 32.2. The summed E-state index contributed by atoms with van der Waals surface area (Å²) in [7, 11) is 0. The first kappa shape index (κ1) is 110. The SMILES string of the molecule is CSCC[C@H](NC(=O)[C@H](CCC(N)=O)NC(=O)[C@H](CCC(=O)O)NC(=O)[C@H](Cc1ccccc1)NC(=O)[C@H](Cc1ccccc1)NC(=O)[C@H](CCCCN)NC(=O)[C@H](Cc1ccc(O)cc1)NC(=O)[C@@H](NC(=O)[C@@H]1CCCN1C(=O)[C@H](CC(N)=O)NC(=O)[C@H](CCC(=O)O)NC(=O)[C@H](Cc1ccc(O)cc1)NC(=O)CN)[C@@H](C)O)C(=O)N[C@@H](CCC(N)=O)C(=O)N[C@@H](CC(N)=O)C(=O)O. The molecule has 1 heterocycles. The molecule has 48 heteroatoms.